The van der Waals surface area contributed by atoms with Crippen LogP contribution in [-0.2, 0) is 14.3 Å². The third kappa shape index (κ3) is 6.67. The molecule has 1 aromatic carbocycles. The fourth-order valence-electron chi connectivity index (χ4n) is 1.47. The number of rotatable bonds is 5. The Labute approximate surface area is 134 Å². The van der Waals surface area contributed by atoms with Crippen molar-refractivity contribution in [3.63, 3.8) is 0 Å². The van der Waals surface area contributed by atoms with Gasteiger partial charge in [-0.25, -0.2) is 9.59 Å². The molecule has 22 heavy (non-hydrogen) atoms. The van der Waals surface area contributed by atoms with Crippen molar-refractivity contribution in [1.29, 1.82) is 0 Å². The van der Waals surface area contributed by atoms with Crippen LogP contribution in [0.25, 0.3) is 0 Å². The molecule has 6 nitrogen and oxygen atoms in total. The molecule has 0 spiro atoms. The van der Waals surface area contributed by atoms with Gasteiger partial charge in [0.15, 0.2) is 6.04 Å². The first-order chi connectivity index (χ1) is 10.2. The van der Waals surface area contributed by atoms with Gasteiger partial charge in [-0.2, -0.15) is 0 Å². The summed E-state index contributed by atoms with van der Waals surface area (Å²) in [7, 11) is 1.23. The van der Waals surface area contributed by atoms with Crippen LogP contribution in [0.5, 0.6) is 5.75 Å². The van der Waals surface area contributed by atoms with Crippen LogP contribution >= 0.6 is 11.6 Å². The van der Waals surface area contributed by atoms with Crippen LogP contribution in [0.2, 0.25) is 5.02 Å². The minimum Gasteiger partial charge on any atom is -0.491 e. The molecule has 7 heteroatoms. The van der Waals surface area contributed by atoms with Gasteiger partial charge in [0.05, 0.1) is 7.11 Å². The molecule has 1 atom stereocenters. The summed E-state index contributed by atoms with van der Waals surface area (Å²) in [6.45, 7) is 5.09. The van der Waals surface area contributed by atoms with Gasteiger partial charge in [0.1, 0.15) is 18.0 Å². The average Bonchev–Trinajstić information content (AvgIpc) is 2.42. The minimum atomic E-state index is -0.976. The number of carbonyl (C=O) groups is 2. The number of halogens is 1. The molecule has 0 aliphatic rings. The molecule has 0 saturated heterocycles. The molecule has 0 aliphatic carbocycles. The van der Waals surface area contributed by atoms with Gasteiger partial charge in [-0.05, 0) is 45.0 Å². The Hall–Kier alpha value is -1.95. The molecule has 0 fully saturated rings. The zero-order chi connectivity index (χ0) is 16.8. The van der Waals surface area contributed by atoms with Gasteiger partial charge in [0, 0.05) is 5.02 Å². The zero-order valence-electron chi connectivity index (χ0n) is 13.0. The van der Waals surface area contributed by atoms with E-state index >= 15 is 0 Å². The van der Waals surface area contributed by atoms with Crippen molar-refractivity contribution in [2.24, 2.45) is 0 Å². The standard InChI is InChI=1S/C15H20ClNO5/c1-15(2,3)22-14(19)17-12(13(18)20-4)9-21-11-7-5-10(16)6-8-11/h5-8,12H,9H2,1-4H3,(H,17,19)/t12-/m1/s1. The molecule has 1 rings (SSSR count). The van der Waals surface area contributed by atoms with Crippen LogP contribution in [0, 0.1) is 0 Å². The molecule has 122 valence electrons. The highest BCUT2D eigenvalue weighted by Gasteiger charge is 2.25. The minimum absolute atomic E-state index is 0.0897. The molecule has 1 N–H and O–H groups in total. The van der Waals surface area contributed by atoms with E-state index in [-0.39, 0.29) is 6.61 Å². The summed E-state index contributed by atoms with van der Waals surface area (Å²) < 4.78 is 15.2. The van der Waals surface area contributed by atoms with Gasteiger partial charge >= 0.3 is 12.1 Å². The van der Waals surface area contributed by atoms with Crippen molar-refractivity contribution < 1.29 is 23.8 Å². The third-order valence-corrected chi connectivity index (χ3v) is 2.66. The molecule has 0 radical (unpaired) electrons. The first-order valence-corrected chi connectivity index (χ1v) is 7.05. The van der Waals surface area contributed by atoms with E-state index in [0.717, 1.165) is 0 Å². The summed E-state index contributed by atoms with van der Waals surface area (Å²) in [5.41, 5.74) is -0.665. The first-order valence-electron chi connectivity index (χ1n) is 6.67. The second-order valence-corrected chi connectivity index (χ2v) is 5.92. The molecule has 0 saturated carbocycles. The van der Waals surface area contributed by atoms with E-state index in [1.807, 2.05) is 0 Å². The summed E-state index contributed by atoms with van der Waals surface area (Å²) in [4.78, 5) is 23.4. The summed E-state index contributed by atoms with van der Waals surface area (Å²) in [5.74, 6) is -0.107. The van der Waals surface area contributed by atoms with Crippen LogP contribution in [-0.4, -0.2) is 37.4 Å². The lowest BCUT2D eigenvalue weighted by atomic mass is 10.2. The van der Waals surface area contributed by atoms with E-state index in [9.17, 15) is 9.59 Å². The van der Waals surface area contributed by atoms with E-state index in [4.69, 9.17) is 21.1 Å². The molecule has 0 aliphatic heterocycles. The highest BCUT2D eigenvalue weighted by Crippen LogP contribution is 2.15. The van der Waals surface area contributed by atoms with E-state index in [1.165, 1.54) is 7.11 Å². The summed E-state index contributed by atoms with van der Waals surface area (Å²) >= 11 is 5.77. The number of carbonyl (C=O) groups excluding carboxylic acids is 2. The largest absolute Gasteiger partial charge is 0.491 e. The second-order valence-electron chi connectivity index (χ2n) is 5.49. The molecular formula is C15H20ClNO5. The van der Waals surface area contributed by atoms with Crippen LogP contribution in [0.1, 0.15) is 20.8 Å². The first kappa shape index (κ1) is 18.1. The SMILES string of the molecule is COC(=O)[C@@H](COc1ccc(Cl)cc1)NC(=O)OC(C)(C)C. The maximum absolute atomic E-state index is 11.7. The maximum Gasteiger partial charge on any atom is 0.408 e. The molecule has 1 aromatic rings. The Morgan fingerprint density at radius 1 is 1.23 bits per heavy atom. The number of hydrogen-bond donors (Lipinski definition) is 1. The van der Waals surface area contributed by atoms with Crippen LogP contribution < -0.4 is 10.1 Å². The number of hydrogen-bond acceptors (Lipinski definition) is 5. The molecule has 0 bridgehead atoms. The fraction of sp³-hybridized carbons (Fsp3) is 0.467. The predicted molar refractivity (Wildman–Crippen MR) is 82.1 cm³/mol. The van der Waals surface area contributed by atoms with Gasteiger partial charge in [-0.1, -0.05) is 11.6 Å². The summed E-state index contributed by atoms with van der Waals surface area (Å²) in [6.07, 6.45) is -0.720. The molecule has 0 unspecified atom stereocenters. The van der Waals surface area contributed by atoms with Gasteiger partial charge < -0.3 is 19.5 Å². The molecule has 0 aromatic heterocycles. The topological polar surface area (TPSA) is 73.9 Å². The predicted octanol–water partition coefficient (Wildman–Crippen LogP) is 2.79. The smallest absolute Gasteiger partial charge is 0.408 e. The lowest BCUT2D eigenvalue weighted by Gasteiger charge is -2.22. The third-order valence-electron chi connectivity index (χ3n) is 2.41. The van der Waals surface area contributed by atoms with Crippen molar-refractivity contribution in [1.82, 2.24) is 5.32 Å². The highest BCUT2D eigenvalue weighted by atomic mass is 35.5. The van der Waals surface area contributed by atoms with E-state index < -0.39 is 23.7 Å². The average molecular weight is 330 g/mol. The monoisotopic (exact) mass is 329 g/mol. The van der Waals surface area contributed by atoms with Gasteiger partial charge in [0.2, 0.25) is 0 Å². The Kier molecular flexibility index (Phi) is 6.49. The van der Waals surface area contributed by atoms with Crippen molar-refractivity contribution in [3.05, 3.63) is 29.3 Å². The van der Waals surface area contributed by atoms with Gasteiger partial charge in [0.25, 0.3) is 0 Å². The van der Waals surface area contributed by atoms with Crippen LogP contribution in [0.15, 0.2) is 24.3 Å². The lowest BCUT2D eigenvalue weighted by Crippen LogP contribution is -2.47. The second kappa shape index (κ2) is 7.89. The van der Waals surface area contributed by atoms with Crippen LogP contribution in [0.3, 0.4) is 0 Å². The quantitative estimate of drug-likeness (QED) is 0.841. The number of nitrogens with one attached hydrogen (secondary N) is 1. The number of esters is 1. The summed E-state index contributed by atoms with van der Waals surface area (Å²) in [6, 6.07) is 5.65. The number of amides is 1. The van der Waals surface area contributed by atoms with Crippen LogP contribution in [0.4, 0.5) is 4.79 Å². The molecule has 1 amide bonds. The van der Waals surface area contributed by atoms with Gasteiger partial charge in [-0.15, -0.1) is 0 Å². The zero-order valence-corrected chi connectivity index (χ0v) is 13.8. The Morgan fingerprint density at radius 3 is 2.32 bits per heavy atom. The normalized spacial score (nSPS) is 12.2. The van der Waals surface area contributed by atoms with Crippen molar-refractivity contribution in [2.75, 3.05) is 13.7 Å². The lowest BCUT2D eigenvalue weighted by molar-refractivity contribution is -0.143. The van der Waals surface area contributed by atoms with Crippen molar-refractivity contribution in [3.8, 4) is 5.75 Å². The highest BCUT2D eigenvalue weighted by molar-refractivity contribution is 6.30. The Bertz CT molecular complexity index is 510. The van der Waals surface area contributed by atoms with E-state index in [0.29, 0.717) is 10.8 Å². The Morgan fingerprint density at radius 2 is 1.82 bits per heavy atom. The van der Waals surface area contributed by atoms with E-state index in [2.05, 4.69) is 10.1 Å². The molecule has 0 heterocycles. The van der Waals surface area contributed by atoms with E-state index in [1.54, 1.807) is 45.0 Å². The number of ether oxygens (including phenoxy) is 3. The molecular weight excluding hydrogens is 310 g/mol. The maximum atomic E-state index is 11.7. The van der Waals surface area contributed by atoms with Crippen molar-refractivity contribution >= 4 is 23.7 Å². The fourth-order valence-corrected chi connectivity index (χ4v) is 1.60. The summed E-state index contributed by atoms with van der Waals surface area (Å²) in [5, 5.41) is 2.99. The number of methoxy groups -OCH3 is 1. The van der Waals surface area contributed by atoms with Crippen molar-refractivity contribution in [2.45, 2.75) is 32.4 Å². The Balaban J connectivity index is 2.63. The van der Waals surface area contributed by atoms with Gasteiger partial charge in [-0.3, -0.25) is 0 Å². The number of benzene rings is 1. The number of alkyl carbamates (subject to hydrolysis) is 1.